The van der Waals surface area contributed by atoms with Gasteiger partial charge in [-0.15, -0.1) is 0 Å². The highest BCUT2D eigenvalue weighted by Gasteiger charge is 2.29. The maximum absolute atomic E-state index is 12.4. The zero-order chi connectivity index (χ0) is 14.0. The maximum Gasteiger partial charge on any atom is 0.416 e. The Morgan fingerprint density at radius 1 is 1.11 bits per heavy atom. The van der Waals surface area contributed by atoms with Crippen LogP contribution in [0.4, 0.5) is 18.9 Å². The molecule has 2 aromatic rings. The summed E-state index contributed by atoms with van der Waals surface area (Å²) in [5.41, 5.74) is 6.81. The van der Waals surface area contributed by atoms with E-state index < -0.39 is 11.7 Å². The summed E-state index contributed by atoms with van der Waals surface area (Å²) in [7, 11) is 0. The molecule has 0 atom stereocenters. The molecule has 0 bridgehead atoms. The van der Waals surface area contributed by atoms with Crippen molar-refractivity contribution in [3.05, 3.63) is 47.8 Å². The van der Waals surface area contributed by atoms with Crippen LogP contribution in [-0.2, 0) is 6.18 Å². The Labute approximate surface area is 107 Å². The van der Waals surface area contributed by atoms with Crippen LogP contribution in [0.3, 0.4) is 0 Å². The SMILES string of the molecule is N=Cc1ncc(-c2ccc(C(F)(F)F)cc2)cc1N. The van der Waals surface area contributed by atoms with Crippen molar-refractivity contribution in [2.24, 2.45) is 0 Å². The van der Waals surface area contributed by atoms with Gasteiger partial charge in [-0.25, -0.2) is 0 Å². The van der Waals surface area contributed by atoms with E-state index in [1.54, 1.807) is 6.07 Å². The molecule has 0 aliphatic heterocycles. The summed E-state index contributed by atoms with van der Waals surface area (Å²) < 4.78 is 37.3. The van der Waals surface area contributed by atoms with Gasteiger partial charge in [0.1, 0.15) is 5.69 Å². The fourth-order valence-electron chi connectivity index (χ4n) is 1.62. The molecule has 1 heterocycles. The zero-order valence-electron chi connectivity index (χ0n) is 9.70. The number of benzene rings is 1. The lowest BCUT2D eigenvalue weighted by Crippen LogP contribution is -2.04. The monoisotopic (exact) mass is 265 g/mol. The van der Waals surface area contributed by atoms with Gasteiger partial charge in [-0.1, -0.05) is 12.1 Å². The fraction of sp³-hybridized carbons (Fsp3) is 0.0769. The molecule has 0 aliphatic carbocycles. The van der Waals surface area contributed by atoms with Gasteiger partial charge < -0.3 is 11.1 Å². The number of nitrogens with two attached hydrogens (primary N) is 1. The quantitative estimate of drug-likeness (QED) is 0.818. The molecule has 1 aromatic heterocycles. The lowest BCUT2D eigenvalue weighted by Gasteiger charge is -2.08. The second-order valence-electron chi connectivity index (χ2n) is 3.92. The number of nitrogens with zero attached hydrogens (tertiary/aromatic N) is 1. The summed E-state index contributed by atoms with van der Waals surface area (Å²) >= 11 is 0. The molecule has 0 saturated carbocycles. The molecule has 1 aromatic carbocycles. The van der Waals surface area contributed by atoms with E-state index in [4.69, 9.17) is 11.1 Å². The summed E-state index contributed by atoms with van der Waals surface area (Å²) in [5.74, 6) is 0. The fourth-order valence-corrected chi connectivity index (χ4v) is 1.62. The third-order valence-corrected chi connectivity index (χ3v) is 2.63. The highest BCUT2D eigenvalue weighted by atomic mass is 19.4. The van der Waals surface area contributed by atoms with E-state index in [0.717, 1.165) is 18.3 Å². The maximum atomic E-state index is 12.4. The predicted octanol–water partition coefficient (Wildman–Crippen LogP) is 3.35. The second-order valence-corrected chi connectivity index (χ2v) is 3.92. The third-order valence-electron chi connectivity index (χ3n) is 2.63. The topological polar surface area (TPSA) is 62.8 Å². The van der Waals surface area contributed by atoms with Gasteiger partial charge in [0, 0.05) is 18.0 Å². The van der Waals surface area contributed by atoms with Gasteiger partial charge in [-0.05, 0) is 23.8 Å². The van der Waals surface area contributed by atoms with Crippen LogP contribution in [0.2, 0.25) is 0 Å². The predicted molar refractivity (Wildman–Crippen MR) is 67.0 cm³/mol. The molecule has 0 fully saturated rings. The Morgan fingerprint density at radius 2 is 1.74 bits per heavy atom. The number of hydrogen-bond donors (Lipinski definition) is 2. The molecule has 19 heavy (non-hydrogen) atoms. The first-order valence-corrected chi connectivity index (χ1v) is 5.35. The summed E-state index contributed by atoms with van der Waals surface area (Å²) in [6.45, 7) is 0. The summed E-state index contributed by atoms with van der Waals surface area (Å²) in [5, 5.41) is 7.06. The molecule has 0 spiro atoms. The van der Waals surface area contributed by atoms with Crippen LogP contribution in [0, 0.1) is 5.41 Å². The average molecular weight is 265 g/mol. The molecule has 0 amide bonds. The van der Waals surface area contributed by atoms with Crippen LogP contribution in [0.15, 0.2) is 36.5 Å². The van der Waals surface area contributed by atoms with Crippen LogP contribution >= 0.6 is 0 Å². The number of rotatable bonds is 2. The number of halogens is 3. The molecule has 6 heteroatoms. The number of nitrogen functional groups attached to an aromatic ring is 1. The standard InChI is InChI=1S/C13H10F3N3/c14-13(15,16)10-3-1-8(2-4-10)9-5-11(18)12(6-17)19-7-9/h1-7,17H,18H2. The molecular formula is C13H10F3N3. The van der Waals surface area contributed by atoms with E-state index in [-0.39, 0.29) is 0 Å². The van der Waals surface area contributed by atoms with Gasteiger partial charge in [0.2, 0.25) is 0 Å². The highest BCUT2D eigenvalue weighted by molar-refractivity contribution is 5.84. The highest BCUT2D eigenvalue weighted by Crippen LogP contribution is 2.31. The molecule has 0 unspecified atom stereocenters. The number of pyridine rings is 1. The van der Waals surface area contributed by atoms with Crippen LogP contribution < -0.4 is 5.73 Å². The normalized spacial score (nSPS) is 11.3. The van der Waals surface area contributed by atoms with Crippen molar-refractivity contribution in [1.82, 2.24) is 4.98 Å². The first-order valence-electron chi connectivity index (χ1n) is 5.35. The van der Waals surface area contributed by atoms with Crippen molar-refractivity contribution in [2.45, 2.75) is 6.18 Å². The van der Waals surface area contributed by atoms with Gasteiger partial charge in [0.15, 0.2) is 0 Å². The van der Waals surface area contributed by atoms with Crippen molar-refractivity contribution in [3.63, 3.8) is 0 Å². The van der Waals surface area contributed by atoms with E-state index in [1.165, 1.54) is 18.3 Å². The average Bonchev–Trinajstić information content (AvgIpc) is 2.38. The Balaban J connectivity index is 2.37. The van der Waals surface area contributed by atoms with Crippen molar-refractivity contribution >= 4 is 11.9 Å². The number of hydrogen-bond acceptors (Lipinski definition) is 3. The first-order chi connectivity index (χ1) is 8.91. The summed E-state index contributed by atoms with van der Waals surface area (Å²) in [6, 6.07) is 6.33. The van der Waals surface area contributed by atoms with E-state index >= 15 is 0 Å². The molecule has 3 N–H and O–H groups in total. The minimum absolute atomic E-state index is 0.312. The van der Waals surface area contributed by atoms with Gasteiger partial charge >= 0.3 is 6.18 Å². The molecule has 0 radical (unpaired) electrons. The first kappa shape index (κ1) is 13.1. The molecule has 0 aliphatic rings. The van der Waals surface area contributed by atoms with Crippen LogP contribution in [0.25, 0.3) is 11.1 Å². The number of nitrogens with one attached hydrogen (secondary N) is 1. The summed E-state index contributed by atoms with van der Waals surface area (Å²) in [4.78, 5) is 3.95. The smallest absolute Gasteiger partial charge is 0.397 e. The molecular weight excluding hydrogens is 255 g/mol. The number of alkyl halides is 3. The van der Waals surface area contributed by atoms with Crippen molar-refractivity contribution in [3.8, 4) is 11.1 Å². The van der Waals surface area contributed by atoms with Crippen LogP contribution in [0.1, 0.15) is 11.3 Å². The molecule has 0 saturated heterocycles. The number of aromatic nitrogens is 1. The van der Waals surface area contributed by atoms with E-state index in [9.17, 15) is 13.2 Å². The Morgan fingerprint density at radius 3 is 2.21 bits per heavy atom. The van der Waals surface area contributed by atoms with E-state index in [2.05, 4.69) is 4.98 Å². The van der Waals surface area contributed by atoms with Crippen LogP contribution in [0.5, 0.6) is 0 Å². The lowest BCUT2D eigenvalue weighted by molar-refractivity contribution is -0.137. The lowest BCUT2D eigenvalue weighted by atomic mass is 10.0. The van der Waals surface area contributed by atoms with Crippen molar-refractivity contribution in [2.75, 3.05) is 5.73 Å². The molecule has 2 rings (SSSR count). The van der Waals surface area contributed by atoms with Gasteiger partial charge in [-0.2, -0.15) is 13.2 Å². The summed E-state index contributed by atoms with van der Waals surface area (Å²) in [6.07, 6.45) is -1.86. The van der Waals surface area contributed by atoms with Crippen molar-refractivity contribution < 1.29 is 13.2 Å². The van der Waals surface area contributed by atoms with Crippen molar-refractivity contribution in [1.29, 1.82) is 5.41 Å². The zero-order valence-corrected chi connectivity index (χ0v) is 9.70. The van der Waals surface area contributed by atoms with Gasteiger partial charge in [0.05, 0.1) is 11.3 Å². The number of anilines is 1. The molecule has 98 valence electrons. The molecule has 3 nitrogen and oxygen atoms in total. The largest absolute Gasteiger partial charge is 0.416 e. The van der Waals surface area contributed by atoms with E-state index in [1.807, 2.05) is 0 Å². The van der Waals surface area contributed by atoms with Crippen LogP contribution in [-0.4, -0.2) is 11.2 Å². The minimum atomic E-state index is -4.35. The van der Waals surface area contributed by atoms with Gasteiger partial charge in [-0.3, -0.25) is 4.98 Å². The van der Waals surface area contributed by atoms with Gasteiger partial charge in [0.25, 0.3) is 0 Å². The third kappa shape index (κ3) is 2.73. The Hall–Kier alpha value is -2.37. The Kier molecular flexibility index (Phi) is 3.25. The second kappa shape index (κ2) is 4.72. The Bertz CT molecular complexity index is 604. The van der Waals surface area contributed by atoms with E-state index in [0.29, 0.717) is 22.5 Å². The minimum Gasteiger partial charge on any atom is -0.397 e.